The first-order chi connectivity index (χ1) is 14.4. The Labute approximate surface area is 175 Å². The zero-order chi connectivity index (χ0) is 21.2. The van der Waals surface area contributed by atoms with Crippen molar-refractivity contribution in [2.75, 3.05) is 10.2 Å². The summed E-state index contributed by atoms with van der Waals surface area (Å²) < 4.78 is 0. The van der Waals surface area contributed by atoms with Crippen molar-refractivity contribution in [3.05, 3.63) is 70.8 Å². The van der Waals surface area contributed by atoms with Crippen LogP contribution in [0.2, 0.25) is 0 Å². The van der Waals surface area contributed by atoms with E-state index in [1.807, 2.05) is 39.0 Å². The molecule has 1 saturated carbocycles. The highest BCUT2D eigenvalue weighted by atomic mass is 16.2. The Balaban J connectivity index is 1.47. The molecule has 5 rings (SSSR count). The molecule has 0 radical (unpaired) electrons. The van der Waals surface area contributed by atoms with Gasteiger partial charge in [0.1, 0.15) is 0 Å². The highest BCUT2D eigenvalue weighted by molar-refractivity contribution is 6.25. The van der Waals surface area contributed by atoms with E-state index in [-0.39, 0.29) is 41.4 Å². The predicted molar refractivity (Wildman–Crippen MR) is 115 cm³/mol. The number of aryl methyl sites for hydroxylation is 2. The quantitative estimate of drug-likeness (QED) is 0.618. The largest absolute Gasteiger partial charge is 0.322 e. The lowest BCUT2D eigenvalue weighted by molar-refractivity contribution is -0.123. The number of nitrogens with zero attached hydrogens (tertiary/aromatic N) is 1. The number of amides is 3. The molecule has 0 unspecified atom stereocenters. The van der Waals surface area contributed by atoms with E-state index in [0.717, 1.165) is 17.5 Å². The molecule has 30 heavy (non-hydrogen) atoms. The van der Waals surface area contributed by atoms with Crippen molar-refractivity contribution in [3.8, 4) is 0 Å². The molecule has 4 atom stereocenters. The van der Waals surface area contributed by atoms with E-state index in [4.69, 9.17) is 0 Å². The molecule has 1 saturated heterocycles. The number of imide groups is 1. The molecule has 1 heterocycles. The molecule has 3 aliphatic rings. The number of nitrogens with one attached hydrogen (secondary N) is 1. The van der Waals surface area contributed by atoms with Gasteiger partial charge in [-0.2, -0.15) is 0 Å². The Bertz CT molecular complexity index is 1130. The third-order valence-electron chi connectivity index (χ3n) is 7.04. The number of carbonyl (C=O) groups excluding carboxylic acids is 3. The van der Waals surface area contributed by atoms with Crippen LogP contribution in [0.3, 0.4) is 0 Å². The van der Waals surface area contributed by atoms with E-state index in [0.29, 0.717) is 16.9 Å². The van der Waals surface area contributed by atoms with Crippen LogP contribution in [0.1, 0.15) is 34.8 Å². The van der Waals surface area contributed by atoms with Crippen LogP contribution < -0.4 is 10.2 Å². The standard InChI is InChI=1S/C25H24N2O3/c1-13-8-9-17(11-14(13)2)26-23(28)18-6-4-5-7-20(18)27-24(29)21-16-10-15(3)19(12-16)22(21)25(27)30/h4-11,16,19,21-22H,12H2,1-3H3,(H,26,28)/t16-,19-,21-,22+/m1/s1. The fourth-order valence-corrected chi connectivity index (χ4v) is 5.39. The van der Waals surface area contributed by atoms with Crippen LogP contribution in [0.15, 0.2) is 54.1 Å². The molecular weight excluding hydrogens is 376 g/mol. The number of rotatable bonds is 3. The number of hydrogen-bond donors (Lipinski definition) is 1. The molecule has 0 aromatic heterocycles. The van der Waals surface area contributed by atoms with Crippen molar-refractivity contribution in [2.24, 2.45) is 23.7 Å². The second-order valence-corrected chi connectivity index (χ2v) is 8.75. The second kappa shape index (κ2) is 6.66. The molecule has 2 aromatic rings. The van der Waals surface area contributed by atoms with Crippen LogP contribution in [0, 0.1) is 37.5 Å². The van der Waals surface area contributed by atoms with Gasteiger partial charge in [-0.25, -0.2) is 4.90 Å². The summed E-state index contributed by atoms with van der Waals surface area (Å²) in [5.41, 5.74) is 4.83. The SMILES string of the molecule is CC1=C[C@@H]2C[C@H]1[C@@H]1C(=O)N(c3ccccc3C(=O)Nc3ccc(C)c(C)c3)C(=O)[C@@H]12. The van der Waals surface area contributed by atoms with Gasteiger partial charge in [-0.05, 0) is 74.4 Å². The molecule has 5 nitrogen and oxygen atoms in total. The minimum atomic E-state index is -0.330. The highest BCUT2D eigenvalue weighted by Crippen LogP contribution is 2.56. The van der Waals surface area contributed by atoms with Crippen molar-refractivity contribution < 1.29 is 14.4 Å². The van der Waals surface area contributed by atoms with E-state index in [9.17, 15) is 14.4 Å². The summed E-state index contributed by atoms with van der Waals surface area (Å²) in [7, 11) is 0. The molecule has 2 bridgehead atoms. The zero-order valence-electron chi connectivity index (χ0n) is 17.3. The summed E-state index contributed by atoms with van der Waals surface area (Å²) in [6.45, 7) is 6.05. The molecule has 1 aliphatic heterocycles. The van der Waals surface area contributed by atoms with Crippen LogP contribution in [0.25, 0.3) is 0 Å². The monoisotopic (exact) mass is 400 g/mol. The lowest BCUT2D eigenvalue weighted by Crippen LogP contribution is -2.34. The Morgan fingerprint density at radius 2 is 1.70 bits per heavy atom. The van der Waals surface area contributed by atoms with Gasteiger partial charge in [-0.1, -0.05) is 29.8 Å². The van der Waals surface area contributed by atoms with Crippen LogP contribution in [-0.2, 0) is 9.59 Å². The van der Waals surface area contributed by atoms with Gasteiger partial charge in [0.05, 0.1) is 23.1 Å². The minimum absolute atomic E-state index is 0.137. The van der Waals surface area contributed by atoms with E-state index >= 15 is 0 Å². The normalized spacial score (nSPS) is 26.8. The number of carbonyl (C=O) groups is 3. The molecular formula is C25H24N2O3. The maximum Gasteiger partial charge on any atom is 0.257 e. The average molecular weight is 400 g/mol. The third kappa shape index (κ3) is 2.65. The van der Waals surface area contributed by atoms with Gasteiger partial charge in [0.15, 0.2) is 0 Å². The molecule has 2 aromatic carbocycles. The fourth-order valence-electron chi connectivity index (χ4n) is 5.39. The Morgan fingerprint density at radius 1 is 0.967 bits per heavy atom. The van der Waals surface area contributed by atoms with Gasteiger partial charge < -0.3 is 5.32 Å². The molecule has 0 spiro atoms. The van der Waals surface area contributed by atoms with Gasteiger partial charge in [-0.3, -0.25) is 14.4 Å². The fraction of sp³-hybridized carbons (Fsp3) is 0.320. The van der Waals surface area contributed by atoms with E-state index < -0.39 is 0 Å². The number of benzene rings is 2. The van der Waals surface area contributed by atoms with Crippen LogP contribution in [-0.4, -0.2) is 17.7 Å². The van der Waals surface area contributed by atoms with Crippen LogP contribution in [0.4, 0.5) is 11.4 Å². The topological polar surface area (TPSA) is 66.5 Å². The lowest BCUT2D eigenvalue weighted by atomic mass is 9.82. The van der Waals surface area contributed by atoms with Gasteiger partial charge in [0.2, 0.25) is 11.8 Å². The van der Waals surface area contributed by atoms with Crippen molar-refractivity contribution >= 4 is 29.1 Å². The van der Waals surface area contributed by atoms with Gasteiger partial charge >= 0.3 is 0 Å². The lowest BCUT2D eigenvalue weighted by Gasteiger charge is -2.20. The molecule has 5 heteroatoms. The smallest absolute Gasteiger partial charge is 0.257 e. The maximum absolute atomic E-state index is 13.3. The number of fused-ring (bicyclic) bond motifs is 5. The Kier molecular flexibility index (Phi) is 4.17. The first-order valence-corrected chi connectivity index (χ1v) is 10.4. The summed E-state index contributed by atoms with van der Waals surface area (Å²) in [6, 6.07) is 12.6. The zero-order valence-corrected chi connectivity index (χ0v) is 17.3. The second-order valence-electron chi connectivity index (χ2n) is 8.75. The Morgan fingerprint density at radius 3 is 2.47 bits per heavy atom. The van der Waals surface area contributed by atoms with Gasteiger partial charge in [-0.15, -0.1) is 0 Å². The van der Waals surface area contributed by atoms with E-state index in [1.165, 1.54) is 10.5 Å². The maximum atomic E-state index is 13.3. The first-order valence-electron chi connectivity index (χ1n) is 10.4. The van der Waals surface area contributed by atoms with Crippen LogP contribution in [0.5, 0.6) is 0 Å². The van der Waals surface area contributed by atoms with Crippen molar-refractivity contribution in [1.82, 2.24) is 0 Å². The first kappa shape index (κ1) is 18.8. The highest BCUT2D eigenvalue weighted by Gasteiger charge is 2.61. The van der Waals surface area contributed by atoms with E-state index in [2.05, 4.69) is 11.4 Å². The molecule has 152 valence electrons. The number of hydrogen-bond acceptors (Lipinski definition) is 3. The summed E-state index contributed by atoms with van der Waals surface area (Å²) >= 11 is 0. The summed E-state index contributed by atoms with van der Waals surface area (Å²) in [5, 5.41) is 2.91. The third-order valence-corrected chi connectivity index (χ3v) is 7.04. The summed E-state index contributed by atoms with van der Waals surface area (Å²) in [4.78, 5) is 40.9. The number of anilines is 2. The molecule has 1 N–H and O–H groups in total. The molecule has 3 amide bonds. The van der Waals surface area contributed by atoms with Gasteiger partial charge in [0.25, 0.3) is 5.91 Å². The summed E-state index contributed by atoms with van der Waals surface area (Å²) in [6.07, 6.45) is 3.04. The average Bonchev–Trinajstić information content (AvgIpc) is 3.35. The van der Waals surface area contributed by atoms with E-state index in [1.54, 1.807) is 24.3 Å². The Hall–Kier alpha value is -3.21. The molecule has 2 aliphatic carbocycles. The van der Waals surface area contributed by atoms with Crippen molar-refractivity contribution in [3.63, 3.8) is 0 Å². The van der Waals surface area contributed by atoms with Crippen molar-refractivity contribution in [1.29, 1.82) is 0 Å². The summed E-state index contributed by atoms with van der Waals surface area (Å²) in [5.74, 6) is -0.964. The van der Waals surface area contributed by atoms with Crippen LogP contribution >= 0.6 is 0 Å². The number of allylic oxidation sites excluding steroid dienone is 2. The predicted octanol–water partition coefficient (Wildman–Crippen LogP) is 4.26. The number of para-hydroxylation sites is 1. The minimum Gasteiger partial charge on any atom is -0.322 e. The molecule has 2 fully saturated rings. The van der Waals surface area contributed by atoms with Gasteiger partial charge in [0, 0.05) is 5.69 Å². The van der Waals surface area contributed by atoms with Crippen molar-refractivity contribution in [2.45, 2.75) is 27.2 Å².